The van der Waals surface area contributed by atoms with Gasteiger partial charge in [0.25, 0.3) is 11.8 Å². The van der Waals surface area contributed by atoms with Gasteiger partial charge in [0.15, 0.2) is 0 Å². The first-order valence-electron chi connectivity index (χ1n) is 5.62. The number of amides is 2. The van der Waals surface area contributed by atoms with E-state index in [2.05, 4.69) is 17.6 Å². The topological polar surface area (TPSA) is 70.5 Å². The second-order valence-corrected chi connectivity index (χ2v) is 5.14. The van der Waals surface area contributed by atoms with Crippen molar-refractivity contribution in [1.82, 2.24) is 10.0 Å². The summed E-state index contributed by atoms with van der Waals surface area (Å²) in [6.45, 7) is 2.00. The fourth-order valence-electron chi connectivity index (χ4n) is 1.32. The third-order valence-corrected chi connectivity index (χ3v) is 3.27. The molecule has 5 nitrogen and oxygen atoms in total. The number of rotatable bonds is 2. The average Bonchev–Trinajstić information content (AvgIpc) is 2.71. The molecule has 0 radical (unpaired) electrons. The van der Waals surface area contributed by atoms with Crippen LogP contribution in [0.25, 0.3) is 0 Å². The van der Waals surface area contributed by atoms with Crippen LogP contribution in [-0.2, 0) is 9.59 Å². The molecule has 19 heavy (non-hydrogen) atoms. The molecule has 1 aliphatic rings. The van der Waals surface area contributed by atoms with Gasteiger partial charge in [0.2, 0.25) is 0 Å². The Bertz CT molecular complexity index is 463. The van der Waals surface area contributed by atoms with Gasteiger partial charge in [-0.25, -0.2) is 0 Å². The zero-order valence-electron chi connectivity index (χ0n) is 10.3. The van der Waals surface area contributed by atoms with Crippen LogP contribution >= 0.6 is 24.8 Å². The molecule has 0 bridgehead atoms. The van der Waals surface area contributed by atoms with E-state index in [0.29, 0.717) is 4.20 Å². The van der Waals surface area contributed by atoms with Crippen molar-refractivity contribution >= 4 is 40.9 Å². The molecule has 1 aliphatic heterocycles. The smallest absolute Gasteiger partial charge is 0.253 e. The summed E-state index contributed by atoms with van der Waals surface area (Å²) in [5, 5.41) is 8.57. The molecule has 1 atom stereocenters. The molecule has 1 aromatic heterocycles. The average molecular weight is 298 g/mol. The summed E-state index contributed by atoms with van der Waals surface area (Å²) in [6.07, 6.45) is 2.06. The van der Waals surface area contributed by atoms with Gasteiger partial charge in [-0.1, -0.05) is 25.2 Å². The van der Waals surface area contributed by atoms with Gasteiger partial charge in [0.1, 0.15) is 0 Å². The number of carbonyl (C=O) groups is 2. The predicted molar refractivity (Wildman–Crippen MR) is 77.1 cm³/mol. The molecule has 1 unspecified atom stereocenters. The molecular weight excluding hydrogens is 284 g/mol. The number of thiol groups is 1. The SMILES string of the molecule is CC(C(=S)S)c1ccccn1.O=C1CCC(=O)N1O. The first-order valence-corrected chi connectivity index (χ1v) is 6.47. The number of aromatic nitrogens is 1. The maximum Gasteiger partial charge on any atom is 0.253 e. The van der Waals surface area contributed by atoms with Crippen molar-refractivity contribution in [1.29, 1.82) is 0 Å². The molecule has 0 aromatic carbocycles. The normalized spacial score (nSPS) is 15.8. The Morgan fingerprint density at radius 3 is 2.32 bits per heavy atom. The standard InChI is InChI=1S/C8H9NS2.C4H5NO3/c1-6(8(10)11)7-4-2-3-5-9-7;6-3-1-2-4(7)5(3)8/h2-6H,1H3,(H,10,11);8H,1-2H2. The van der Waals surface area contributed by atoms with E-state index in [4.69, 9.17) is 17.4 Å². The minimum Gasteiger partial charge on any atom is -0.279 e. The lowest BCUT2D eigenvalue weighted by atomic mass is 10.1. The molecule has 7 heteroatoms. The van der Waals surface area contributed by atoms with Gasteiger partial charge in [0.05, 0.1) is 4.20 Å². The van der Waals surface area contributed by atoms with Gasteiger partial charge in [-0.15, -0.1) is 12.6 Å². The van der Waals surface area contributed by atoms with E-state index >= 15 is 0 Å². The van der Waals surface area contributed by atoms with Gasteiger partial charge in [-0.3, -0.25) is 19.8 Å². The van der Waals surface area contributed by atoms with Crippen molar-refractivity contribution in [2.45, 2.75) is 25.7 Å². The summed E-state index contributed by atoms with van der Waals surface area (Å²) in [5.41, 5.74) is 0.979. The number of thiocarbonyl (C=S) groups is 1. The Hall–Kier alpha value is -1.31. The lowest BCUT2D eigenvalue weighted by molar-refractivity contribution is -0.171. The van der Waals surface area contributed by atoms with Crippen LogP contribution in [0.4, 0.5) is 0 Å². The summed E-state index contributed by atoms with van der Waals surface area (Å²) in [4.78, 5) is 24.6. The van der Waals surface area contributed by atoms with Gasteiger partial charge in [-0.05, 0) is 12.1 Å². The molecule has 1 fully saturated rings. The second-order valence-electron chi connectivity index (χ2n) is 3.91. The summed E-state index contributed by atoms with van der Waals surface area (Å²) in [5.74, 6) is -0.848. The van der Waals surface area contributed by atoms with Crippen molar-refractivity contribution < 1.29 is 14.8 Å². The fraction of sp³-hybridized carbons (Fsp3) is 0.333. The summed E-state index contributed by atoms with van der Waals surface area (Å²) >= 11 is 9.02. The Balaban J connectivity index is 0.000000200. The Morgan fingerprint density at radius 2 is 2.00 bits per heavy atom. The monoisotopic (exact) mass is 298 g/mol. The van der Waals surface area contributed by atoms with E-state index in [1.165, 1.54) is 0 Å². The molecule has 2 heterocycles. The highest BCUT2D eigenvalue weighted by atomic mass is 32.1. The molecule has 0 aliphatic carbocycles. The number of hydrogen-bond donors (Lipinski definition) is 2. The van der Waals surface area contributed by atoms with E-state index in [0.717, 1.165) is 5.69 Å². The predicted octanol–water partition coefficient (Wildman–Crippen LogP) is 1.97. The maximum atomic E-state index is 10.2. The van der Waals surface area contributed by atoms with Crippen LogP contribution in [0.1, 0.15) is 31.4 Å². The zero-order valence-corrected chi connectivity index (χ0v) is 12.0. The number of carbonyl (C=O) groups excluding carboxylic acids is 2. The Labute approximate surface area is 122 Å². The van der Waals surface area contributed by atoms with Gasteiger partial charge >= 0.3 is 0 Å². The van der Waals surface area contributed by atoms with E-state index in [1.54, 1.807) is 6.20 Å². The van der Waals surface area contributed by atoms with E-state index in [9.17, 15) is 9.59 Å². The first-order chi connectivity index (χ1) is 8.93. The van der Waals surface area contributed by atoms with Gasteiger partial charge in [0, 0.05) is 30.7 Å². The van der Waals surface area contributed by atoms with Crippen molar-refractivity contribution in [3.63, 3.8) is 0 Å². The lowest BCUT2D eigenvalue weighted by Crippen LogP contribution is -2.24. The highest BCUT2D eigenvalue weighted by Crippen LogP contribution is 2.15. The van der Waals surface area contributed by atoms with Crippen LogP contribution in [0.15, 0.2) is 24.4 Å². The minimum atomic E-state index is -0.505. The molecule has 2 amide bonds. The number of pyridine rings is 1. The summed E-state index contributed by atoms with van der Waals surface area (Å²) < 4.78 is 0.684. The van der Waals surface area contributed by atoms with Gasteiger partial charge in [-0.2, -0.15) is 5.06 Å². The van der Waals surface area contributed by atoms with Crippen molar-refractivity contribution in [2.75, 3.05) is 0 Å². The molecule has 0 saturated carbocycles. The molecule has 102 valence electrons. The molecule has 1 saturated heterocycles. The molecular formula is C12H14N2O3S2. The quantitative estimate of drug-likeness (QED) is 0.378. The number of imide groups is 1. The highest BCUT2D eigenvalue weighted by molar-refractivity contribution is 8.11. The summed E-state index contributed by atoms with van der Waals surface area (Å²) in [6, 6.07) is 5.79. The Morgan fingerprint density at radius 1 is 1.42 bits per heavy atom. The highest BCUT2D eigenvalue weighted by Gasteiger charge is 2.26. The van der Waals surface area contributed by atoms with Crippen LogP contribution in [0.3, 0.4) is 0 Å². The van der Waals surface area contributed by atoms with Crippen LogP contribution < -0.4 is 0 Å². The van der Waals surface area contributed by atoms with Crippen LogP contribution in [0.2, 0.25) is 0 Å². The van der Waals surface area contributed by atoms with Crippen LogP contribution in [0, 0.1) is 0 Å². The number of hydroxylamine groups is 2. The zero-order chi connectivity index (χ0) is 14.4. The van der Waals surface area contributed by atoms with Crippen molar-refractivity contribution in [3.05, 3.63) is 30.1 Å². The minimum absolute atomic E-state index is 0.148. The third-order valence-electron chi connectivity index (χ3n) is 2.53. The fourth-order valence-corrected chi connectivity index (χ4v) is 1.58. The molecule has 2 rings (SSSR count). The van der Waals surface area contributed by atoms with Crippen molar-refractivity contribution in [3.8, 4) is 0 Å². The number of nitrogens with zero attached hydrogens (tertiary/aromatic N) is 2. The molecule has 1 aromatic rings. The Kier molecular flexibility index (Phi) is 6.07. The lowest BCUT2D eigenvalue weighted by Gasteiger charge is -2.06. The van der Waals surface area contributed by atoms with Crippen LogP contribution in [0.5, 0.6) is 0 Å². The maximum absolute atomic E-state index is 10.2. The largest absolute Gasteiger partial charge is 0.279 e. The second kappa shape index (κ2) is 7.32. The molecule has 1 N–H and O–H groups in total. The molecule has 0 spiro atoms. The number of hydrogen-bond acceptors (Lipinski definition) is 5. The van der Waals surface area contributed by atoms with E-state index in [1.807, 2.05) is 25.1 Å². The third kappa shape index (κ3) is 4.70. The van der Waals surface area contributed by atoms with Crippen molar-refractivity contribution in [2.24, 2.45) is 0 Å². The summed E-state index contributed by atoms with van der Waals surface area (Å²) in [7, 11) is 0. The van der Waals surface area contributed by atoms with E-state index < -0.39 is 11.8 Å². The first kappa shape index (κ1) is 15.7. The van der Waals surface area contributed by atoms with E-state index in [-0.39, 0.29) is 23.8 Å². The van der Waals surface area contributed by atoms with Crippen LogP contribution in [-0.4, -0.2) is 31.3 Å². The van der Waals surface area contributed by atoms with Gasteiger partial charge < -0.3 is 0 Å².